The van der Waals surface area contributed by atoms with Crippen molar-refractivity contribution in [1.82, 2.24) is 0 Å². The number of aromatic hydroxyl groups is 2. The average molecular weight is 341 g/mol. The molecule has 0 atom stereocenters. The minimum atomic E-state index is 0.288. The molecule has 0 radical (unpaired) electrons. The van der Waals surface area contributed by atoms with E-state index in [-0.39, 0.29) is 17.8 Å². The Kier molecular flexibility index (Phi) is 6.52. The summed E-state index contributed by atoms with van der Waals surface area (Å²) in [4.78, 5) is 0. The van der Waals surface area contributed by atoms with Gasteiger partial charge >= 0.3 is 0 Å². The largest absolute Gasteiger partial charge is 0.508 e. The molecule has 0 aromatic heterocycles. The van der Waals surface area contributed by atoms with Crippen molar-refractivity contribution in [2.45, 2.75) is 71.6 Å². The van der Waals surface area contributed by atoms with Gasteiger partial charge in [-0.1, -0.05) is 71.7 Å². The molecule has 0 amide bonds. The lowest BCUT2D eigenvalue weighted by molar-refractivity contribution is 0.464. The van der Waals surface area contributed by atoms with E-state index >= 15 is 0 Å². The van der Waals surface area contributed by atoms with Gasteiger partial charge in [0.15, 0.2) is 0 Å². The number of rotatable bonds is 7. The van der Waals surface area contributed by atoms with Crippen LogP contribution in [0.1, 0.15) is 93.9 Å². The summed E-state index contributed by atoms with van der Waals surface area (Å²) in [5, 5.41) is 20.3. The Morgan fingerprint density at radius 2 is 1.20 bits per heavy atom. The number of hydrogen-bond acceptors (Lipinski definition) is 2. The molecular formula is C23H32O2. The Bertz CT molecular complexity index is 644. The summed E-state index contributed by atoms with van der Waals surface area (Å²) in [6.07, 6.45) is 3.38. The molecule has 2 aromatic rings. The zero-order chi connectivity index (χ0) is 18.6. The van der Waals surface area contributed by atoms with E-state index in [0.717, 1.165) is 30.4 Å². The van der Waals surface area contributed by atoms with Gasteiger partial charge in [0.2, 0.25) is 0 Å². The molecule has 2 N–H and O–H groups in total. The highest BCUT2D eigenvalue weighted by molar-refractivity contribution is 5.45. The standard InChI is InChI=1S/C23H32O2/c1-6-7-8-19(17-9-11-22(24)20(13-17)15(2)3)18-10-12-23(25)21(14-18)16(4)5/h9-16,19,24-25H,6-8H2,1-5H3. The fourth-order valence-corrected chi connectivity index (χ4v) is 3.44. The number of phenolic OH excluding ortho intramolecular Hbond substituents is 2. The van der Waals surface area contributed by atoms with Gasteiger partial charge in [-0.2, -0.15) is 0 Å². The van der Waals surface area contributed by atoms with Crippen molar-refractivity contribution in [2.24, 2.45) is 0 Å². The van der Waals surface area contributed by atoms with Gasteiger partial charge in [0.1, 0.15) is 11.5 Å². The SMILES string of the molecule is CCCCC(c1ccc(O)c(C(C)C)c1)c1ccc(O)c(C(C)C)c1. The van der Waals surface area contributed by atoms with Crippen LogP contribution in [0.2, 0.25) is 0 Å². The van der Waals surface area contributed by atoms with E-state index in [1.165, 1.54) is 11.1 Å². The van der Waals surface area contributed by atoms with Gasteiger partial charge in [0, 0.05) is 5.92 Å². The van der Waals surface area contributed by atoms with Crippen LogP contribution in [0.5, 0.6) is 11.5 Å². The monoisotopic (exact) mass is 340 g/mol. The topological polar surface area (TPSA) is 40.5 Å². The summed E-state index contributed by atoms with van der Waals surface area (Å²) in [7, 11) is 0. The van der Waals surface area contributed by atoms with E-state index in [9.17, 15) is 10.2 Å². The van der Waals surface area contributed by atoms with Crippen molar-refractivity contribution in [3.8, 4) is 11.5 Å². The normalized spacial score (nSPS) is 11.7. The maximum absolute atomic E-state index is 10.2. The van der Waals surface area contributed by atoms with Gasteiger partial charge in [-0.15, -0.1) is 0 Å². The van der Waals surface area contributed by atoms with Crippen molar-refractivity contribution in [1.29, 1.82) is 0 Å². The van der Waals surface area contributed by atoms with E-state index < -0.39 is 0 Å². The molecule has 0 aliphatic rings. The van der Waals surface area contributed by atoms with Crippen LogP contribution in [0.3, 0.4) is 0 Å². The summed E-state index contributed by atoms with van der Waals surface area (Å²) in [5.74, 6) is 1.62. The van der Waals surface area contributed by atoms with E-state index in [1.54, 1.807) is 0 Å². The lowest BCUT2D eigenvalue weighted by Gasteiger charge is -2.22. The molecular weight excluding hydrogens is 308 g/mol. The van der Waals surface area contributed by atoms with Crippen molar-refractivity contribution in [2.75, 3.05) is 0 Å². The highest BCUT2D eigenvalue weighted by Crippen LogP contribution is 2.37. The highest BCUT2D eigenvalue weighted by atomic mass is 16.3. The highest BCUT2D eigenvalue weighted by Gasteiger charge is 2.18. The predicted octanol–water partition coefficient (Wildman–Crippen LogP) is 6.67. The summed E-state index contributed by atoms with van der Waals surface area (Å²) in [5.41, 5.74) is 4.49. The first kappa shape index (κ1) is 19.4. The molecule has 0 saturated carbocycles. The average Bonchev–Trinajstić information content (AvgIpc) is 2.57. The van der Waals surface area contributed by atoms with Crippen LogP contribution < -0.4 is 0 Å². The molecule has 136 valence electrons. The minimum Gasteiger partial charge on any atom is -0.508 e. The lowest BCUT2D eigenvalue weighted by Crippen LogP contribution is -2.04. The number of hydrogen-bond donors (Lipinski definition) is 2. The van der Waals surface area contributed by atoms with Crippen LogP contribution in [0.25, 0.3) is 0 Å². The lowest BCUT2D eigenvalue weighted by atomic mass is 9.83. The zero-order valence-electron chi connectivity index (χ0n) is 16.2. The van der Waals surface area contributed by atoms with Crippen LogP contribution >= 0.6 is 0 Å². The van der Waals surface area contributed by atoms with Gasteiger partial charge in [-0.3, -0.25) is 0 Å². The van der Waals surface area contributed by atoms with Crippen LogP contribution in [-0.4, -0.2) is 10.2 Å². The molecule has 2 heteroatoms. The Balaban J connectivity index is 2.50. The van der Waals surface area contributed by atoms with Crippen LogP contribution in [-0.2, 0) is 0 Å². The second kappa shape index (κ2) is 8.42. The molecule has 0 unspecified atom stereocenters. The summed E-state index contributed by atoms with van der Waals surface area (Å²) >= 11 is 0. The molecule has 2 nitrogen and oxygen atoms in total. The van der Waals surface area contributed by atoms with Crippen LogP contribution in [0.4, 0.5) is 0 Å². The smallest absolute Gasteiger partial charge is 0.119 e. The van der Waals surface area contributed by atoms with Gasteiger partial charge in [0.25, 0.3) is 0 Å². The zero-order valence-corrected chi connectivity index (χ0v) is 16.2. The summed E-state index contributed by atoms with van der Waals surface area (Å²) < 4.78 is 0. The second-order valence-electron chi connectivity index (χ2n) is 7.64. The second-order valence-corrected chi connectivity index (χ2v) is 7.64. The number of phenols is 2. The van der Waals surface area contributed by atoms with Crippen molar-refractivity contribution < 1.29 is 10.2 Å². The molecule has 2 aromatic carbocycles. The Morgan fingerprint density at radius 1 is 0.760 bits per heavy atom. The maximum Gasteiger partial charge on any atom is 0.119 e. The molecule has 25 heavy (non-hydrogen) atoms. The molecule has 0 aliphatic heterocycles. The van der Waals surface area contributed by atoms with Crippen molar-refractivity contribution in [3.63, 3.8) is 0 Å². The Labute approximate surface area is 152 Å². The number of unbranched alkanes of at least 4 members (excludes halogenated alkanes) is 1. The van der Waals surface area contributed by atoms with E-state index in [1.807, 2.05) is 24.3 Å². The fourth-order valence-electron chi connectivity index (χ4n) is 3.44. The first-order valence-corrected chi connectivity index (χ1v) is 9.50. The van der Waals surface area contributed by atoms with Crippen LogP contribution in [0.15, 0.2) is 36.4 Å². The maximum atomic E-state index is 10.2. The number of benzene rings is 2. The van der Waals surface area contributed by atoms with Crippen molar-refractivity contribution >= 4 is 0 Å². The van der Waals surface area contributed by atoms with Crippen LogP contribution in [0, 0.1) is 0 Å². The predicted molar refractivity (Wildman–Crippen MR) is 106 cm³/mol. The van der Waals surface area contributed by atoms with E-state index in [2.05, 4.69) is 46.8 Å². The molecule has 0 spiro atoms. The molecule has 0 aliphatic carbocycles. The first-order valence-electron chi connectivity index (χ1n) is 9.50. The Morgan fingerprint density at radius 3 is 1.56 bits per heavy atom. The molecule has 0 heterocycles. The molecule has 0 fully saturated rings. The first-order chi connectivity index (χ1) is 11.8. The van der Waals surface area contributed by atoms with Gasteiger partial charge < -0.3 is 10.2 Å². The summed E-state index contributed by atoms with van der Waals surface area (Å²) in [6, 6.07) is 12.1. The van der Waals surface area contributed by atoms with Gasteiger partial charge in [-0.25, -0.2) is 0 Å². The molecule has 0 bridgehead atoms. The van der Waals surface area contributed by atoms with E-state index in [4.69, 9.17) is 0 Å². The molecule has 2 rings (SSSR count). The third kappa shape index (κ3) is 4.56. The summed E-state index contributed by atoms with van der Waals surface area (Å²) in [6.45, 7) is 10.6. The van der Waals surface area contributed by atoms with Gasteiger partial charge in [-0.05, 0) is 52.6 Å². The molecule has 0 saturated heterocycles. The van der Waals surface area contributed by atoms with Crippen molar-refractivity contribution in [3.05, 3.63) is 58.7 Å². The third-order valence-corrected chi connectivity index (χ3v) is 5.00. The minimum absolute atomic E-state index is 0.288. The fraction of sp³-hybridized carbons (Fsp3) is 0.478. The van der Waals surface area contributed by atoms with E-state index in [0.29, 0.717) is 11.5 Å². The Hall–Kier alpha value is -1.96. The third-order valence-electron chi connectivity index (χ3n) is 5.00. The van der Waals surface area contributed by atoms with Gasteiger partial charge in [0.05, 0.1) is 0 Å². The quantitative estimate of drug-likeness (QED) is 0.591.